The summed E-state index contributed by atoms with van der Waals surface area (Å²) >= 11 is 0. The summed E-state index contributed by atoms with van der Waals surface area (Å²) in [4.78, 5) is 8.48. The molecule has 10 heavy (non-hydrogen) atoms. The van der Waals surface area contributed by atoms with Gasteiger partial charge in [-0.2, -0.15) is 0 Å². The fraction of sp³-hybridized carbons (Fsp3) is 0.250. The SMILES string of the molecule is C1=CC2N=CC=NC2C=C1. The largest absolute Gasteiger partial charge is 0.282 e. The van der Waals surface area contributed by atoms with Crippen LogP contribution in [0.25, 0.3) is 0 Å². The van der Waals surface area contributed by atoms with Gasteiger partial charge in [0.05, 0.1) is 12.1 Å². The van der Waals surface area contributed by atoms with Crippen LogP contribution in [-0.4, -0.2) is 24.5 Å². The van der Waals surface area contributed by atoms with Gasteiger partial charge in [0, 0.05) is 12.4 Å². The number of hydrogen-bond donors (Lipinski definition) is 0. The van der Waals surface area contributed by atoms with Crippen LogP contribution in [0.5, 0.6) is 0 Å². The molecular weight excluding hydrogens is 124 g/mol. The first-order valence-electron chi connectivity index (χ1n) is 3.37. The summed E-state index contributed by atoms with van der Waals surface area (Å²) in [6.07, 6.45) is 11.7. The summed E-state index contributed by atoms with van der Waals surface area (Å²) in [7, 11) is 0. The summed E-state index contributed by atoms with van der Waals surface area (Å²) < 4.78 is 0. The van der Waals surface area contributed by atoms with Gasteiger partial charge in [0.2, 0.25) is 0 Å². The predicted molar refractivity (Wildman–Crippen MR) is 42.8 cm³/mol. The molecular formula is C8H8N2. The molecule has 2 heteroatoms. The van der Waals surface area contributed by atoms with E-state index in [2.05, 4.69) is 22.1 Å². The fourth-order valence-corrected chi connectivity index (χ4v) is 1.14. The third kappa shape index (κ3) is 0.817. The zero-order valence-electron chi connectivity index (χ0n) is 5.51. The van der Waals surface area contributed by atoms with Crippen LogP contribution in [-0.2, 0) is 0 Å². The first-order valence-corrected chi connectivity index (χ1v) is 3.37. The van der Waals surface area contributed by atoms with E-state index in [9.17, 15) is 0 Å². The molecule has 1 aliphatic heterocycles. The molecule has 2 nitrogen and oxygen atoms in total. The van der Waals surface area contributed by atoms with Crippen LogP contribution in [0.15, 0.2) is 34.3 Å². The Labute approximate surface area is 59.7 Å². The average molecular weight is 132 g/mol. The van der Waals surface area contributed by atoms with E-state index < -0.39 is 0 Å². The Morgan fingerprint density at radius 1 is 0.800 bits per heavy atom. The highest BCUT2D eigenvalue weighted by Crippen LogP contribution is 2.13. The van der Waals surface area contributed by atoms with E-state index in [-0.39, 0.29) is 12.1 Å². The van der Waals surface area contributed by atoms with Gasteiger partial charge in [-0.15, -0.1) is 0 Å². The molecule has 1 heterocycles. The molecule has 2 aliphatic rings. The Balaban J connectivity index is 2.28. The minimum absolute atomic E-state index is 0.259. The van der Waals surface area contributed by atoms with Crippen molar-refractivity contribution in [3.8, 4) is 0 Å². The van der Waals surface area contributed by atoms with E-state index >= 15 is 0 Å². The van der Waals surface area contributed by atoms with Crippen molar-refractivity contribution < 1.29 is 0 Å². The van der Waals surface area contributed by atoms with Crippen LogP contribution >= 0.6 is 0 Å². The molecule has 1 aliphatic carbocycles. The average Bonchev–Trinajstić information content (AvgIpc) is 2.05. The molecule has 0 N–H and O–H groups in total. The fourth-order valence-electron chi connectivity index (χ4n) is 1.14. The molecule has 0 aromatic heterocycles. The number of nitrogens with zero attached hydrogens (tertiary/aromatic N) is 2. The summed E-state index contributed by atoms with van der Waals surface area (Å²) in [6, 6.07) is 0.519. The second-order valence-electron chi connectivity index (χ2n) is 2.35. The van der Waals surface area contributed by atoms with Crippen LogP contribution in [0, 0.1) is 0 Å². The molecule has 0 fully saturated rings. The van der Waals surface area contributed by atoms with Gasteiger partial charge in [-0.3, -0.25) is 9.98 Å². The Hall–Kier alpha value is -1.18. The second kappa shape index (κ2) is 2.21. The molecule has 0 saturated heterocycles. The molecule has 2 atom stereocenters. The summed E-state index contributed by atoms with van der Waals surface area (Å²) in [6.45, 7) is 0. The van der Waals surface area contributed by atoms with Gasteiger partial charge >= 0.3 is 0 Å². The molecule has 0 aromatic carbocycles. The van der Waals surface area contributed by atoms with Crippen LogP contribution in [0.1, 0.15) is 0 Å². The number of aliphatic imine (C=N–C) groups is 2. The van der Waals surface area contributed by atoms with Crippen molar-refractivity contribution in [1.82, 2.24) is 0 Å². The van der Waals surface area contributed by atoms with Gasteiger partial charge < -0.3 is 0 Å². The van der Waals surface area contributed by atoms with Crippen molar-refractivity contribution in [3.63, 3.8) is 0 Å². The van der Waals surface area contributed by atoms with E-state index in [0.29, 0.717) is 0 Å². The number of fused-ring (bicyclic) bond motifs is 1. The van der Waals surface area contributed by atoms with E-state index in [1.54, 1.807) is 12.4 Å². The molecule has 0 radical (unpaired) electrons. The number of rotatable bonds is 0. The third-order valence-corrected chi connectivity index (χ3v) is 1.66. The molecule has 0 amide bonds. The first-order chi connectivity index (χ1) is 4.97. The minimum atomic E-state index is 0.259. The Bertz CT molecular complexity index is 186. The zero-order chi connectivity index (χ0) is 6.81. The molecule has 0 bridgehead atoms. The van der Waals surface area contributed by atoms with Crippen molar-refractivity contribution in [2.45, 2.75) is 12.1 Å². The van der Waals surface area contributed by atoms with Crippen LogP contribution in [0.2, 0.25) is 0 Å². The van der Waals surface area contributed by atoms with Crippen molar-refractivity contribution in [2.24, 2.45) is 9.98 Å². The highest BCUT2D eigenvalue weighted by atomic mass is 14.9. The Morgan fingerprint density at radius 2 is 1.30 bits per heavy atom. The zero-order valence-corrected chi connectivity index (χ0v) is 5.51. The summed E-state index contributed by atoms with van der Waals surface area (Å²) in [5, 5.41) is 0. The Kier molecular flexibility index (Phi) is 1.24. The van der Waals surface area contributed by atoms with Gasteiger partial charge in [0.15, 0.2) is 0 Å². The molecule has 2 rings (SSSR count). The lowest BCUT2D eigenvalue weighted by molar-refractivity contribution is 0.703. The number of hydrogen-bond acceptors (Lipinski definition) is 2. The third-order valence-electron chi connectivity index (χ3n) is 1.66. The van der Waals surface area contributed by atoms with Crippen molar-refractivity contribution in [3.05, 3.63) is 24.3 Å². The maximum absolute atomic E-state index is 4.24. The summed E-state index contributed by atoms with van der Waals surface area (Å²) in [5.41, 5.74) is 0. The van der Waals surface area contributed by atoms with Gasteiger partial charge in [-0.25, -0.2) is 0 Å². The lowest BCUT2D eigenvalue weighted by Crippen LogP contribution is -2.23. The van der Waals surface area contributed by atoms with Gasteiger partial charge in [-0.05, 0) is 0 Å². The lowest BCUT2D eigenvalue weighted by Gasteiger charge is -2.18. The van der Waals surface area contributed by atoms with Gasteiger partial charge in [0.1, 0.15) is 0 Å². The van der Waals surface area contributed by atoms with E-state index in [0.717, 1.165) is 0 Å². The smallest absolute Gasteiger partial charge is 0.0942 e. The van der Waals surface area contributed by atoms with Gasteiger partial charge in [-0.1, -0.05) is 24.3 Å². The number of allylic oxidation sites excluding steroid dienone is 2. The predicted octanol–water partition coefficient (Wildman–Crippen LogP) is 1.00. The van der Waals surface area contributed by atoms with Crippen molar-refractivity contribution >= 4 is 12.4 Å². The second-order valence-corrected chi connectivity index (χ2v) is 2.35. The minimum Gasteiger partial charge on any atom is -0.282 e. The van der Waals surface area contributed by atoms with Crippen molar-refractivity contribution in [2.75, 3.05) is 0 Å². The van der Waals surface area contributed by atoms with E-state index in [4.69, 9.17) is 0 Å². The van der Waals surface area contributed by atoms with Crippen LogP contribution < -0.4 is 0 Å². The topological polar surface area (TPSA) is 24.7 Å². The highest BCUT2D eigenvalue weighted by Gasteiger charge is 2.16. The highest BCUT2D eigenvalue weighted by molar-refractivity contribution is 6.16. The molecule has 0 saturated carbocycles. The lowest BCUT2D eigenvalue weighted by atomic mass is 10.0. The Morgan fingerprint density at radius 3 is 1.80 bits per heavy atom. The van der Waals surface area contributed by atoms with Crippen molar-refractivity contribution in [1.29, 1.82) is 0 Å². The van der Waals surface area contributed by atoms with Crippen LogP contribution in [0.4, 0.5) is 0 Å². The van der Waals surface area contributed by atoms with E-state index in [1.165, 1.54) is 0 Å². The van der Waals surface area contributed by atoms with E-state index in [1.807, 2.05) is 12.2 Å². The van der Waals surface area contributed by atoms with Gasteiger partial charge in [0.25, 0.3) is 0 Å². The summed E-state index contributed by atoms with van der Waals surface area (Å²) in [5.74, 6) is 0. The standard InChI is InChI=1S/C8H8N2/c1-2-4-8-7(3-1)9-5-6-10-8/h1-8H. The molecule has 2 unspecified atom stereocenters. The maximum atomic E-state index is 4.24. The quantitative estimate of drug-likeness (QED) is 0.470. The maximum Gasteiger partial charge on any atom is 0.0942 e. The monoisotopic (exact) mass is 132 g/mol. The molecule has 50 valence electrons. The van der Waals surface area contributed by atoms with Crippen LogP contribution in [0.3, 0.4) is 0 Å². The normalized spacial score (nSPS) is 34.4. The molecule has 0 aromatic rings. The molecule has 0 spiro atoms. The first kappa shape index (κ1) is 5.59.